The highest BCUT2D eigenvalue weighted by Crippen LogP contribution is 2.28. The third kappa shape index (κ3) is 5.94. The summed E-state index contributed by atoms with van der Waals surface area (Å²) in [5.74, 6) is -0.0445. The van der Waals surface area contributed by atoms with E-state index in [0.29, 0.717) is 42.9 Å². The fourth-order valence-electron chi connectivity index (χ4n) is 3.74. The van der Waals surface area contributed by atoms with Gasteiger partial charge in [0, 0.05) is 43.3 Å². The second-order valence-electron chi connectivity index (χ2n) is 8.29. The smallest absolute Gasteiger partial charge is 0.259 e. The number of fused-ring (bicyclic) bond motifs is 1. The predicted molar refractivity (Wildman–Crippen MR) is 118 cm³/mol. The molecule has 3 atom stereocenters. The lowest BCUT2D eigenvalue weighted by Gasteiger charge is -2.38. The van der Waals surface area contributed by atoms with Gasteiger partial charge in [0.1, 0.15) is 11.7 Å². The van der Waals surface area contributed by atoms with Crippen molar-refractivity contribution >= 4 is 27.7 Å². The average Bonchev–Trinajstić information content (AvgIpc) is 2.76. The maximum atomic E-state index is 13.1. The molecule has 0 unspecified atom stereocenters. The molecule has 1 aromatic rings. The van der Waals surface area contributed by atoms with Crippen LogP contribution in [0.15, 0.2) is 16.7 Å². The van der Waals surface area contributed by atoms with Crippen LogP contribution in [0.3, 0.4) is 0 Å². The number of pyridine rings is 1. The molecule has 3 rings (SSSR count). The average molecular weight is 499 g/mol. The van der Waals surface area contributed by atoms with Crippen molar-refractivity contribution in [3.8, 4) is 5.88 Å². The zero-order valence-electron chi connectivity index (χ0n) is 18.3. The molecule has 0 aliphatic carbocycles. The molecule has 172 valence electrons. The summed E-state index contributed by atoms with van der Waals surface area (Å²) in [5, 5.41) is 9.68. The van der Waals surface area contributed by atoms with Crippen LogP contribution in [0.4, 0.5) is 0 Å². The van der Waals surface area contributed by atoms with Crippen LogP contribution >= 0.6 is 15.9 Å². The van der Waals surface area contributed by atoms with Crippen molar-refractivity contribution in [3.05, 3.63) is 22.3 Å². The van der Waals surface area contributed by atoms with Gasteiger partial charge in [-0.3, -0.25) is 14.5 Å². The van der Waals surface area contributed by atoms with Crippen LogP contribution in [0.25, 0.3) is 0 Å². The molecule has 1 aromatic heterocycles. The zero-order chi connectivity index (χ0) is 22.5. The van der Waals surface area contributed by atoms with E-state index in [9.17, 15) is 14.7 Å². The molecule has 0 radical (unpaired) electrons. The van der Waals surface area contributed by atoms with E-state index in [1.54, 1.807) is 29.1 Å². The lowest BCUT2D eigenvalue weighted by Crippen LogP contribution is -2.51. The summed E-state index contributed by atoms with van der Waals surface area (Å²) in [5.41, 5.74) is 0.342. The summed E-state index contributed by atoms with van der Waals surface area (Å²) < 4.78 is 12.2. The van der Waals surface area contributed by atoms with Gasteiger partial charge in [-0.05, 0) is 28.9 Å². The first-order valence-electron chi connectivity index (χ1n) is 10.6. The fraction of sp³-hybridized carbons (Fsp3) is 0.667. The van der Waals surface area contributed by atoms with E-state index in [1.807, 2.05) is 13.8 Å². The summed E-state index contributed by atoms with van der Waals surface area (Å²) in [7, 11) is 1.77. The summed E-state index contributed by atoms with van der Waals surface area (Å²) in [6.45, 7) is 7.56. The Morgan fingerprint density at radius 2 is 2.13 bits per heavy atom. The van der Waals surface area contributed by atoms with Crippen molar-refractivity contribution in [2.45, 2.75) is 26.0 Å². The number of halogens is 1. The van der Waals surface area contributed by atoms with E-state index in [0.717, 1.165) is 13.1 Å². The topological polar surface area (TPSA) is 95.4 Å². The third-order valence-electron chi connectivity index (χ3n) is 5.83. The van der Waals surface area contributed by atoms with Crippen LogP contribution < -0.4 is 4.74 Å². The Labute approximate surface area is 191 Å². The number of aromatic nitrogens is 1. The Balaban J connectivity index is 1.78. The minimum absolute atomic E-state index is 0.0143. The van der Waals surface area contributed by atoms with Gasteiger partial charge >= 0.3 is 0 Å². The molecule has 9 nitrogen and oxygen atoms in total. The Bertz CT molecular complexity index is 789. The van der Waals surface area contributed by atoms with Crippen LogP contribution in [-0.2, 0) is 9.53 Å². The number of morpholine rings is 1. The molecule has 31 heavy (non-hydrogen) atoms. The van der Waals surface area contributed by atoms with Crippen molar-refractivity contribution in [1.29, 1.82) is 0 Å². The Morgan fingerprint density at radius 3 is 2.81 bits per heavy atom. The molecule has 2 amide bonds. The Hall–Kier alpha value is -1.75. The highest BCUT2D eigenvalue weighted by molar-refractivity contribution is 9.10. The highest BCUT2D eigenvalue weighted by atomic mass is 79.9. The second-order valence-corrected chi connectivity index (χ2v) is 9.21. The molecule has 0 bridgehead atoms. The lowest BCUT2D eigenvalue weighted by atomic mass is 10.00. The number of nitrogens with zero attached hydrogens (tertiary/aromatic N) is 4. The van der Waals surface area contributed by atoms with Gasteiger partial charge in [-0.25, -0.2) is 4.98 Å². The van der Waals surface area contributed by atoms with Crippen molar-refractivity contribution in [3.63, 3.8) is 0 Å². The quantitative estimate of drug-likeness (QED) is 0.621. The van der Waals surface area contributed by atoms with E-state index < -0.39 is 0 Å². The van der Waals surface area contributed by atoms with Gasteiger partial charge in [-0.2, -0.15) is 0 Å². The molecule has 0 aromatic carbocycles. The molecular weight excluding hydrogens is 468 g/mol. The summed E-state index contributed by atoms with van der Waals surface area (Å²) in [6.07, 6.45) is 1.23. The molecular formula is C21H31BrN4O5. The first kappa shape index (κ1) is 23.9. The number of carbonyl (C=O) groups excluding carboxylic acids is 2. The highest BCUT2D eigenvalue weighted by Gasteiger charge is 2.34. The number of amides is 2. The van der Waals surface area contributed by atoms with Gasteiger partial charge in [0.2, 0.25) is 11.8 Å². The molecule has 0 saturated carbocycles. The first-order valence-corrected chi connectivity index (χ1v) is 11.4. The molecule has 10 heteroatoms. The number of rotatable bonds is 6. The normalized spacial score (nSPS) is 23.4. The van der Waals surface area contributed by atoms with Crippen molar-refractivity contribution in [2.75, 3.05) is 59.6 Å². The lowest BCUT2D eigenvalue weighted by molar-refractivity contribution is -0.133. The van der Waals surface area contributed by atoms with Gasteiger partial charge in [-0.1, -0.05) is 6.92 Å². The maximum absolute atomic E-state index is 13.1. The van der Waals surface area contributed by atoms with Gasteiger partial charge in [-0.15, -0.1) is 0 Å². The predicted octanol–water partition coefficient (Wildman–Crippen LogP) is 0.855. The van der Waals surface area contributed by atoms with E-state index in [1.165, 1.54) is 0 Å². The second kappa shape index (κ2) is 10.7. The number of hydrogen-bond acceptors (Lipinski definition) is 7. The van der Waals surface area contributed by atoms with Crippen LogP contribution in [0.1, 0.15) is 24.2 Å². The zero-order valence-corrected chi connectivity index (χ0v) is 19.9. The minimum atomic E-state index is -0.354. The number of aliphatic hydroxyl groups excluding tert-OH is 1. The number of carbonyl (C=O) groups is 2. The van der Waals surface area contributed by atoms with Crippen LogP contribution in [0.2, 0.25) is 0 Å². The Morgan fingerprint density at radius 1 is 1.42 bits per heavy atom. The summed E-state index contributed by atoms with van der Waals surface area (Å²) >= 11 is 3.37. The van der Waals surface area contributed by atoms with E-state index >= 15 is 0 Å². The summed E-state index contributed by atoms with van der Waals surface area (Å²) in [4.78, 5) is 35.7. The maximum Gasteiger partial charge on any atom is 0.259 e. The number of aliphatic hydroxyl groups is 1. The van der Waals surface area contributed by atoms with Crippen LogP contribution in [0, 0.1) is 5.92 Å². The monoisotopic (exact) mass is 498 g/mol. The fourth-order valence-corrected chi connectivity index (χ4v) is 4.07. The Kier molecular flexibility index (Phi) is 8.26. The molecule has 2 aliphatic heterocycles. The summed E-state index contributed by atoms with van der Waals surface area (Å²) in [6, 6.07) is 1.34. The van der Waals surface area contributed by atoms with Crippen LogP contribution in [0.5, 0.6) is 5.88 Å². The van der Waals surface area contributed by atoms with Gasteiger partial charge < -0.3 is 24.4 Å². The van der Waals surface area contributed by atoms with Gasteiger partial charge in [0.15, 0.2) is 0 Å². The molecule has 3 heterocycles. The SMILES string of the molecule is C[C@@H]1CN([C@@H](C)CO)C(=O)c2cc(Br)cnc2O[C@H]1CN(C)C(=O)CN1CCOCC1. The molecule has 1 fully saturated rings. The van der Waals surface area contributed by atoms with Crippen molar-refractivity contribution in [2.24, 2.45) is 5.92 Å². The van der Waals surface area contributed by atoms with Crippen LogP contribution in [-0.4, -0.2) is 108 Å². The third-order valence-corrected chi connectivity index (χ3v) is 6.26. The van der Waals surface area contributed by atoms with Crippen molar-refractivity contribution in [1.82, 2.24) is 19.7 Å². The molecule has 0 spiro atoms. The first-order chi connectivity index (χ1) is 14.8. The standard InChI is InChI=1S/C21H31BrN4O5/c1-14-10-26(15(2)13-27)21(29)17-8-16(22)9-23-20(17)31-18(14)11-24(3)19(28)12-25-4-6-30-7-5-25/h8-9,14-15,18,27H,4-7,10-13H2,1-3H3/t14-,15+,18+/m1/s1. The van der Waals surface area contributed by atoms with E-state index in [-0.39, 0.29) is 42.4 Å². The molecule has 2 aliphatic rings. The molecule has 1 N–H and O–H groups in total. The van der Waals surface area contributed by atoms with Crippen molar-refractivity contribution < 1.29 is 24.2 Å². The number of ether oxygens (including phenoxy) is 2. The number of hydrogen-bond donors (Lipinski definition) is 1. The van der Waals surface area contributed by atoms with E-state index in [2.05, 4.69) is 25.8 Å². The van der Waals surface area contributed by atoms with Gasteiger partial charge in [0.25, 0.3) is 5.91 Å². The van der Waals surface area contributed by atoms with Gasteiger partial charge in [0.05, 0.1) is 39.0 Å². The van der Waals surface area contributed by atoms with E-state index in [4.69, 9.17) is 9.47 Å². The molecule has 1 saturated heterocycles. The largest absolute Gasteiger partial charge is 0.472 e. The minimum Gasteiger partial charge on any atom is -0.472 e. The number of likely N-dealkylation sites (N-methyl/N-ethyl adjacent to an activating group) is 1.